The van der Waals surface area contributed by atoms with E-state index in [1.54, 1.807) is 0 Å². The van der Waals surface area contributed by atoms with Gasteiger partial charge in [0, 0.05) is 17.3 Å². The third kappa shape index (κ3) is 2.96. The maximum atomic E-state index is 12.0. The molecule has 1 aliphatic rings. The highest BCUT2D eigenvalue weighted by molar-refractivity contribution is 9.10. The van der Waals surface area contributed by atoms with E-state index in [1.807, 2.05) is 25.1 Å². The Kier molecular flexibility index (Phi) is 4.21. The molecule has 1 heterocycles. The van der Waals surface area contributed by atoms with Gasteiger partial charge in [0.1, 0.15) is 13.2 Å². The molecule has 2 amide bonds. The molecule has 0 saturated heterocycles. The molecule has 0 fully saturated rings. The van der Waals surface area contributed by atoms with E-state index >= 15 is 0 Å². The van der Waals surface area contributed by atoms with Crippen molar-refractivity contribution >= 4 is 33.4 Å². The number of carbonyl (C=O) groups is 2. The molecule has 102 valence electrons. The summed E-state index contributed by atoms with van der Waals surface area (Å²) in [5.41, 5.74) is 1.65. The number of nitrogens with zero attached hydrogens (tertiary/aromatic N) is 1. The zero-order valence-corrected chi connectivity index (χ0v) is 12.4. The van der Waals surface area contributed by atoms with Gasteiger partial charge in [0.2, 0.25) is 11.8 Å². The summed E-state index contributed by atoms with van der Waals surface area (Å²) in [6, 6.07) is 5.42. The normalized spacial score (nSPS) is 18.6. The number of hydrogen-bond donors (Lipinski definition) is 1. The first kappa shape index (κ1) is 14.0. The zero-order chi connectivity index (χ0) is 14.0. The lowest BCUT2D eigenvalue weighted by molar-refractivity contribution is -0.140. The Bertz CT molecular complexity index is 519. The Hall–Kier alpha value is -1.40. The van der Waals surface area contributed by atoms with E-state index in [9.17, 15) is 9.59 Å². The van der Waals surface area contributed by atoms with Crippen LogP contribution < -0.4 is 5.32 Å². The molecule has 1 atom stereocenters. The van der Waals surface area contributed by atoms with Crippen molar-refractivity contribution in [1.29, 1.82) is 0 Å². The number of anilines is 1. The Morgan fingerprint density at radius 2 is 2.32 bits per heavy atom. The topological polar surface area (TPSA) is 58.6 Å². The SMILES string of the molecule is COCC(=O)N1CC(=O)Nc2ccc(Br)cc2C1C. The van der Waals surface area contributed by atoms with Crippen LogP contribution in [0.25, 0.3) is 0 Å². The summed E-state index contributed by atoms with van der Waals surface area (Å²) in [6.07, 6.45) is 0. The maximum absolute atomic E-state index is 12.0. The Labute approximate surface area is 120 Å². The molecule has 5 nitrogen and oxygen atoms in total. The minimum Gasteiger partial charge on any atom is -0.375 e. The van der Waals surface area contributed by atoms with Gasteiger partial charge in [-0.3, -0.25) is 9.59 Å². The number of halogens is 1. The average molecular weight is 327 g/mol. The number of amides is 2. The lowest BCUT2D eigenvalue weighted by atomic mass is 10.1. The van der Waals surface area contributed by atoms with Gasteiger partial charge in [-0.25, -0.2) is 0 Å². The molecule has 1 N–H and O–H groups in total. The summed E-state index contributed by atoms with van der Waals surface area (Å²) in [4.78, 5) is 25.4. The van der Waals surface area contributed by atoms with Crippen LogP contribution in [0.1, 0.15) is 18.5 Å². The van der Waals surface area contributed by atoms with Crippen LogP contribution in [0.4, 0.5) is 5.69 Å². The van der Waals surface area contributed by atoms with Crippen LogP contribution in [0.2, 0.25) is 0 Å². The van der Waals surface area contributed by atoms with Crippen LogP contribution in [0.5, 0.6) is 0 Å². The predicted molar refractivity (Wildman–Crippen MR) is 74.8 cm³/mol. The van der Waals surface area contributed by atoms with Gasteiger partial charge in [-0.1, -0.05) is 15.9 Å². The Morgan fingerprint density at radius 3 is 3.00 bits per heavy atom. The second-order valence-electron chi connectivity index (χ2n) is 4.41. The maximum Gasteiger partial charge on any atom is 0.249 e. The summed E-state index contributed by atoms with van der Waals surface area (Å²) in [5.74, 6) is -0.393. The predicted octanol–water partition coefficient (Wildman–Crippen LogP) is 1.94. The summed E-state index contributed by atoms with van der Waals surface area (Å²) in [6.45, 7) is 1.91. The number of fused-ring (bicyclic) bond motifs is 1. The van der Waals surface area contributed by atoms with Crippen molar-refractivity contribution in [1.82, 2.24) is 4.90 Å². The highest BCUT2D eigenvalue weighted by Gasteiger charge is 2.29. The van der Waals surface area contributed by atoms with E-state index in [-0.39, 0.29) is 31.0 Å². The van der Waals surface area contributed by atoms with Gasteiger partial charge in [0.25, 0.3) is 0 Å². The van der Waals surface area contributed by atoms with E-state index in [1.165, 1.54) is 12.0 Å². The summed E-state index contributed by atoms with van der Waals surface area (Å²) >= 11 is 3.41. The van der Waals surface area contributed by atoms with Crippen molar-refractivity contribution < 1.29 is 14.3 Å². The highest BCUT2D eigenvalue weighted by Crippen LogP contribution is 2.32. The molecule has 0 spiro atoms. The molecule has 6 heteroatoms. The van der Waals surface area contributed by atoms with E-state index in [0.29, 0.717) is 0 Å². The molecule has 2 rings (SSSR count). The third-order valence-electron chi connectivity index (χ3n) is 3.11. The Morgan fingerprint density at radius 1 is 1.58 bits per heavy atom. The van der Waals surface area contributed by atoms with Crippen molar-refractivity contribution in [2.45, 2.75) is 13.0 Å². The first-order chi connectivity index (χ1) is 9.02. The van der Waals surface area contributed by atoms with Crippen LogP contribution in [0.15, 0.2) is 22.7 Å². The number of carbonyl (C=O) groups excluding carboxylic acids is 2. The van der Waals surface area contributed by atoms with Crippen molar-refractivity contribution in [2.24, 2.45) is 0 Å². The van der Waals surface area contributed by atoms with Crippen molar-refractivity contribution in [3.8, 4) is 0 Å². The molecule has 0 aromatic heterocycles. The number of ether oxygens (including phenoxy) is 1. The standard InChI is InChI=1S/C13H15BrN2O3/c1-8-10-5-9(14)3-4-11(10)15-12(17)6-16(8)13(18)7-19-2/h3-5,8H,6-7H2,1-2H3,(H,15,17). The third-order valence-corrected chi connectivity index (χ3v) is 3.60. The number of hydrogen-bond acceptors (Lipinski definition) is 3. The number of rotatable bonds is 2. The van der Waals surface area contributed by atoms with Crippen LogP contribution in [-0.4, -0.2) is 37.0 Å². The highest BCUT2D eigenvalue weighted by atomic mass is 79.9. The fraction of sp³-hybridized carbons (Fsp3) is 0.385. The molecule has 0 saturated carbocycles. The van der Waals surface area contributed by atoms with E-state index in [0.717, 1.165) is 15.7 Å². The second kappa shape index (κ2) is 5.71. The molecule has 0 radical (unpaired) electrons. The number of benzene rings is 1. The summed E-state index contributed by atoms with van der Waals surface area (Å²) < 4.78 is 5.77. The molecule has 1 unspecified atom stereocenters. The van der Waals surface area contributed by atoms with Crippen LogP contribution in [0, 0.1) is 0 Å². The van der Waals surface area contributed by atoms with Crippen LogP contribution in [0.3, 0.4) is 0 Å². The lowest BCUT2D eigenvalue weighted by Crippen LogP contribution is -2.39. The molecular formula is C13H15BrN2O3. The molecule has 1 aromatic carbocycles. The van der Waals surface area contributed by atoms with Gasteiger partial charge in [-0.05, 0) is 30.7 Å². The lowest BCUT2D eigenvalue weighted by Gasteiger charge is -2.26. The monoisotopic (exact) mass is 326 g/mol. The minimum absolute atomic E-state index is 0.0268. The van der Waals surface area contributed by atoms with Gasteiger partial charge < -0.3 is 15.0 Å². The van der Waals surface area contributed by atoms with E-state index in [4.69, 9.17) is 4.74 Å². The Balaban J connectivity index is 2.39. The van der Waals surface area contributed by atoms with E-state index in [2.05, 4.69) is 21.2 Å². The molecule has 1 aromatic rings. The summed E-state index contributed by atoms with van der Waals surface area (Å²) in [5, 5.41) is 2.81. The quantitative estimate of drug-likeness (QED) is 0.903. The van der Waals surface area contributed by atoms with Crippen molar-refractivity contribution in [2.75, 3.05) is 25.6 Å². The molecule has 0 aliphatic carbocycles. The average Bonchev–Trinajstić information content (AvgIpc) is 2.48. The number of nitrogens with one attached hydrogen (secondary N) is 1. The zero-order valence-electron chi connectivity index (χ0n) is 10.8. The first-order valence-electron chi connectivity index (χ1n) is 5.90. The first-order valence-corrected chi connectivity index (χ1v) is 6.70. The second-order valence-corrected chi connectivity index (χ2v) is 5.33. The fourth-order valence-electron chi connectivity index (χ4n) is 2.15. The fourth-order valence-corrected chi connectivity index (χ4v) is 2.53. The molecule has 0 bridgehead atoms. The van der Waals surface area contributed by atoms with Crippen molar-refractivity contribution in [3.63, 3.8) is 0 Å². The van der Waals surface area contributed by atoms with Gasteiger partial charge in [0.15, 0.2) is 0 Å². The van der Waals surface area contributed by atoms with Gasteiger partial charge in [0.05, 0.1) is 6.04 Å². The van der Waals surface area contributed by atoms with Gasteiger partial charge >= 0.3 is 0 Å². The minimum atomic E-state index is -0.197. The molecule has 1 aliphatic heterocycles. The van der Waals surface area contributed by atoms with Gasteiger partial charge in [-0.15, -0.1) is 0 Å². The van der Waals surface area contributed by atoms with E-state index < -0.39 is 0 Å². The van der Waals surface area contributed by atoms with Crippen LogP contribution in [-0.2, 0) is 14.3 Å². The van der Waals surface area contributed by atoms with Gasteiger partial charge in [-0.2, -0.15) is 0 Å². The molecule has 19 heavy (non-hydrogen) atoms. The molecular weight excluding hydrogens is 312 g/mol. The van der Waals surface area contributed by atoms with Crippen LogP contribution >= 0.6 is 15.9 Å². The summed E-state index contributed by atoms with van der Waals surface area (Å²) in [7, 11) is 1.46. The smallest absolute Gasteiger partial charge is 0.249 e. The largest absolute Gasteiger partial charge is 0.375 e. The van der Waals surface area contributed by atoms with Crippen molar-refractivity contribution in [3.05, 3.63) is 28.2 Å². The number of methoxy groups -OCH3 is 1.